The van der Waals surface area contributed by atoms with Gasteiger partial charge in [0.15, 0.2) is 6.04 Å². The van der Waals surface area contributed by atoms with Crippen LogP contribution in [0.5, 0.6) is 0 Å². The molecule has 0 aromatic rings. The van der Waals surface area contributed by atoms with Crippen LogP contribution in [0.1, 0.15) is 90.9 Å². The number of aliphatic hydroxyl groups is 1. The number of phosphoric ester groups is 1. The highest BCUT2D eigenvalue weighted by Gasteiger charge is 2.28. The van der Waals surface area contributed by atoms with Crippen LogP contribution in [0.3, 0.4) is 0 Å². The quantitative estimate of drug-likeness (QED) is 0.0307. The highest BCUT2D eigenvalue weighted by atomic mass is 31.2. The number of rotatable bonds is 28. The van der Waals surface area contributed by atoms with Crippen LogP contribution in [0.4, 0.5) is 0 Å². The van der Waals surface area contributed by atoms with Crippen molar-refractivity contribution in [3.05, 3.63) is 72.9 Å². The maximum Gasteiger partial charge on any atom is 0.472 e. The minimum atomic E-state index is -4.73. The number of allylic oxidation sites excluding steroid dienone is 12. The first kappa shape index (κ1) is 42.9. The fourth-order valence-electron chi connectivity index (χ4n) is 3.54. The Morgan fingerprint density at radius 3 is 1.72 bits per heavy atom. The summed E-state index contributed by atoms with van der Waals surface area (Å²) in [6, 6.07) is -1.55. The smallest absolute Gasteiger partial charge is 0.472 e. The zero-order valence-electron chi connectivity index (χ0n) is 27.3. The number of amides is 1. The minimum Gasteiger partial charge on any atom is -0.480 e. The maximum absolute atomic E-state index is 12.0. The summed E-state index contributed by atoms with van der Waals surface area (Å²) >= 11 is 0. The highest BCUT2D eigenvalue weighted by molar-refractivity contribution is 7.47. The maximum atomic E-state index is 12.0. The summed E-state index contributed by atoms with van der Waals surface area (Å²) in [6.45, 7) is 1.91. The van der Waals surface area contributed by atoms with E-state index in [2.05, 4.69) is 94.2 Å². The summed E-state index contributed by atoms with van der Waals surface area (Å²) in [6.07, 6.45) is 33.1. The molecule has 260 valence electrons. The molecule has 0 saturated carbocycles. The van der Waals surface area contributed by atoms with E-state index in [4.69, 9.17) is 9.84 Å². The Balaban J connectivity index is 3.92. The summed E-state index contributed by atoms with van der Waals surface area (Å²) in [5.41, 5.74) is 0. The molecular weight excluding hydrogens is 613 g/mol. The molecule has 0 radical (unpaired) electrons. The summed E-state index contributed by atoms with van der Waals surface area (Å²) < 4.78 is 26.2. The van der Waals surface area contributed by atoms with Gasteiger partial charge in [0.05, 0.1) is 13.2 Å². The molecule has 3 unspecified atom stereocenters. The predicted molar refractivity (Wildman–Crippen MR) is 180 cm³/mol. The van der Waals surface area contributed by atoms with Crippen LogP contribution in [0.15, 0.2) is 72.9 Å². The number of hydrogen-bond donors (Lipinski definition) is 4. The molecule has 0 aliphatic carbocycles. The highest BCUT2D eigenvalue weighted by Crippen LogP contribution is 2.43. The van der Waals surface area contributed by atoms with E-state index in [1.807, 2.05) is 0 Å². The van der Waals surface area contributed by atoms with Crippen LogP contribution in [0.25, 0.3) is 0 Å². The summed E-state index contributed by atoms with van der Waals surface area (Å²) in [5.74, 6) is -2.51. The molecule has 0 saturated heterocycles. The normalized spacial score (nSPS) is 15.0. The lowest BCUT2D eigenvalue weighted by Gasteiger charge is -2.18. The van der Waals surface area contributed by atoms with Crippen LogP contribution < -0.4 is 5.32 Å². The number of nitrogens with one attached hydrogen (secondary N) is 1. The average molecular weight is 668 g/mol. The summed E-state index contributed by atoms with van der Waals surface area (Å²) in [4.78, 5) is 44.4. The second kappa shape index (κ2) is 29.3. The van der Waals surface area contributed by atoms with Gasteiger partial charge in [-0.3, -0.25) is 18.6 Å². The monoisotopic (exact) mass is 667 g/mol. The molecule has 0 aromatic carbocycles. The summed E-state index contributed by atoms with van der Waals surface area (Å²) in [5, 5.41) is 21.2. The van der Waals surface area contributed by atoms with Gasteiger partial charge in [0.2, 0.25) is 5.91 Å². The van der Waals surface area contributed by atoms with E-state index in [1.54, 1.807) is 6.92 Å². The molecule has 12 heteroatoms. The molecule has 46 heavy (non-hydrogen) atoms. The van der Waals surface area contributed by atoms with E-state index >= 15 is 0 Å². The van der Waals surface area contributed by atoms with Gasteiger partial charge in [-0.2, -0.15) is 0 Å². The molecule has 11 nitrogen and oxygen atoms in total. The van der Waals surface area contributed by atoms with Gasteiger partial charge in [-0.05, 0) is 64.2 Å². The number of carboxylic acid groups (broad SMARTS) is 1. The number of phosphoric acid groups is 1. The molecule has 0 bridgehead atoms. The average Bonchev–Trinajstić information content (AvgIpc) is 3.01. The molecule has 0 aliphatic heterocycles. The first-order chi connectivity index (χ1) is 22.1. The Hall–Kier alpha value is -3.08. The van der Waals surface area contributed by atoms with E-state index < -0.39 is 57.6 Å². The van der Waals surface area contributed by atoms with E-state index in [9.17, 15) is 28.9 Å². The zero-order valence-corrected chi connectivity index (χ0v) is 28.2. The fraction of sp³-hybridized carbons (Fsp3) is 0.559. The number of carbonyl (C=O) groups excluding carboxylic acids is 2. The Bertz CT molecular complexity index is 1060. The third kappa shape index (κ3) is 28.4. The van der Waals surface area contributed by atoms with Gasteiger partial charge in [0.25, 0.3) is 0 Å². The fourth-order valence-corrected chi connectivity index (χ4v) is 4.31. The van der Waals surface area contributed by atoms with Crippen molar-refractivity contribution < 1.29 is 47.8 Å². The lowest BCUT2D eigenvalue weighted by molar-refractivity contribution is -0.147. The van der Waals surface area contributed by atoms with Crippen LogP contribution in [0.2, 0.25) is 0 Å². The Morgan fingerprint density at radius 1 is 0.717 bits per heavy atom. The number of carbonyl (C=O) groups is 3. The predicted octanol–water partition coefficient (Wildman–Crippen LogP) is 6.65. The first-order valence-electron chi connectivity index (χ1n) is 16.0. The third-order valence-corrected chi connectivity index (χ3v) is 6.93. The minimum absolute atomic E-state index is 0.0887. The van der Waals surface area contributed by atoms with E-state index in [0.29, 0.717) is 12.8 Å². The first-order valence-corrected chi connectivity index (χ1v) is 17.5. The number of unbranched alkanes of at least 4 members (excludes halogenated alkanes) is 2. The Labute approximate surface area is 274 Å². The van der Waals surface area contributed by atoms with E-state index in [0.717, 1.165) is 51.4 Å². The zero-order chi connectivity index (χ0) is 34.3. The van der Waals surface area contributed by atoms with Gasteiger partial charge in [-0.25, -0.2) is 9.36 Å². The number of esters is 1. The summed E-state index contributed by atoms with van der Waals surface area (Å²) in [7, 11) is -4.73. The Kier molecular flexibility index (Phi) is 27.4. The van der Waals surface area contributed by atoms with Crippen molar-refractivity contribution in [2.45, 2.75) is 103 Å². The molecule has 0 aromatic heterocycles. The topological polar surface area (TPSA) is 169 Å². The van der Waals surface area contributed by atoms with Crippen LogP contribution in [0, 0.1) is 0 Å². The number of hydrogen-bond acceptors (Lipinski definition) is 8. The lowest BCUT2D eigenvalue weighted by atomic mass is 10.2. The molecule has 0 aliphatic rings. The van der Waals surface area contributed by atoms with Crippen molar-refractivity contribution in [1.29, 1.82) is 0 Å². The van der Waals surface area contributed by atoms with Crippen molar-refractivity contribution in [2.24, 2.45) is 0 Å². The van der Waals surface area contributed by atoms with Crippen LogP contribution in [-0.2, 0) is 32.7 Å². The molecule has 0 fully saturated rings. The van der Waals surface area contributed by atoms with Crippen LogP contribution in [-0.4, -0.2) is 64.9 Å². The van der Waals surface area contributed by atoms with E-state index in [1.165, 1.54) is 0 Å². The molecule has 0 heterocycles. The number of aliphatic hydroxyl groups excluding tert-OH is 1. The second-order valence-electron chi connectivity index (χ2n) is 10.3. The van der Waals surface area contributed by atoms with Gasteiger partial charge in [0.1, 0.15) is 12.7 Å². The third-order valence-electron chi connectivity index (χ3n) is 5.98. The standard InChI is InChI=1S/C34H54NO10P/c1-3-5-6-7-8-9-10-11-12-13-14-15-16-17-18-19-20-21-22-23-24-26-33(38)43-27-30(36)28-44-46(41,42)45-29-31(34(39)40)35-32(37)25-4-2/h5-6,8-9,11-12,14-15,17-18,20-21,30-31,36H,3-4,7,10,13,16,19,22-29H2,1-2H3,(H,35,37)(H,39,40)(H,41,42)/b6-5-,9-8-,12-11-,15-14-,18-17-,21-20-. The van der Waals surface area contributed by atoms with Crippen molar-refractivity contribution in [1.82, 2.24) is 5.32 Å². The SMILES string of the molecule is CC/C=C\C/C=C\C/C=C\C/C=C\C/C=C\C/C=C\CCCCC(=O)OCC(O)COP(=O)(O)OCC(NC(=O)CCC)C(=O)O. The largest absolute Gasteiger partial charge is 0.480 e. The molecule has 3 atom stereocenters. The van der Waals surface area contributed by atoms with Gasteiger partial charge in [-0.15, -0.1) is 0 Å². The second-order valence-corrected chi connectivity index (χ2v) is 11.7. The van der Waals surface area contributed by atoms with Crippen LogP contribution >= 0.6 is 7.82 Å². The van der Waals surface area contributed by atoms with Crippen molar-refractivity contribution in [3.8, 4) is 0 Å². The van der Waals surface area contributed by atoms with Gasteiger partial charge < -0.3 is 25.2 Å². The van der Waals surface area contributed by atoms with Crippen molar-refractivity contribution in [2.75, 3.05) is 19.8 Å². The van der Waals surface area contributed by atoms with Gasteiger partial charge in [-0.1, -0.05) is 86.8 Å². The molecule has 0 rings (SSSR count). The van der Waals surface area contributed by atoms with Crippen molar-refractivity contribution in [3.63, 3.8) is 0 Å². The molecule has 1 amide bonds. The van der Waals surface area contributed by atoms with E-state index in [-0.39, 0.29) is 12.8 Å². The number of carboxylic acids is 1. The molecular formula is C34H54NO10P. The molecule has 0 spiro atoms. The van der Waals surface area contributed by atoms with Gasteiger partial charge >= 0.3 is 19.8 Å². The Morgan fingerprint density at radius 2 is 1.22 bits per heavy atom. The number of ether oxygens (including phenoxy) is 1. The number of aliphatic carboxylic acids is 1. The van der Waals surface area contributed by atoms with Crippen molar-refractivity contribution >= 4 is 25.7 Å². The molecule has 4 N–H and O–H groups in total. The lowest BCUT2D eigenvalue weighted by Crippen LogP contribution is -2.43. The van der Waals surface area contributed by atoms with Gasteiger partial charge in [0, 0.05) is 12.8 Å².